The molecule has 0 atom stereocenters. The molecule has 0 radical (unpaired) electrons. The Morgan fingerprint density at radius 1 is 1.20 bits per heavy atom. The number of nitrogens with one attached hydrogen (secondary N) is 1. The van der Waals surface area contributed by atoms with Gasteiger partial charge in [0, 0.05) is 22.6 Å². The SMILES string of the molecule is Cc1c(C(=O)NCc2ccc(F)cc2F)nnn1-c1ccc(Br)cc1. The number of benzene rings is 2. The van der Waals surface area contributed by atoms with E-state index < -0.39 is 17.5 Å². The van der Waals surface area contributed by atoms with Crippen molar-refractivity contribution < 1.29 is 13.6 Å². The molecule has 0 aliphatic heterocycles. The van der Waals surface area contributed by atoms with Crippen LogP contribution in [0.4, 0.5) is 8.78 Å². The summed E-state index contributed by atoms with van der Waals surface area (Å²) in [5, 5.41) is 10.5. The van der Waals surface area contributed by atoms with Crippen LogP contribution < -0.4 is 5.32 Å². The van der Waals surface area contributed by atoms with E-state index in [9.17, 15) is 13.6 Å². The van der Waals surface area contributed by atoms with Crippen molar-refractivity contribution in [2.24, 2.45) is 0 Å². The number of carbonyl (C=O) groups excluding carboxylic acids is 1. The van der Waals surface area contributed by atoms with Gasteiger partial charge in [0.05, 0.1) is 11.4 Å². The summed E-state index contributed by atoms with van der Waals surface area (Å²) in [7, 11) is 0. The summed E-state index contributed by atoms with van der Waals surface area (Å²) in [5.74, 6) is -1.86. The van der Waals surface area contributed by atoms with Crippen LogP contribution in [0.15, 0.2) is 46.9 Å². The van der Waals surface area contributed by atoms with Crippen LogP contribution in [0.3, 0.4) is 0 Å². The third-order valence-corrected chi connectivity index (χ3v) is 4.16. The van der Waals surface area contributed by atoms with Gasteiger partial charge in [0.15, 0.2) is 5.69 Å². The standard InChI is InChI=1S/C17H13BrF2N4O/c1-10-16(22-23-24(10)14-6-3-12(18)4-7-14)17(25)21-9-11-2-5-13(19)8-15(11)20/h2-8H,9H2,1H3,(H,21,25). The summed E-state index contributed by atoms with van der Waals surface area (Å²) >= 11 is 3.35. The maximum atomic E-state index is 13.6. The van der Waals surface area contributed by atoms with Gasteiger partial charge in [-0.15, -0.1) is 5.10 Å². The molecule has 0 fully saturated rings. The molecule has 25 heavy (non-hydrogen) atoms. The van der Waals surface area contributed by atoms with Crippen molar-refractivity contribution in [3.63, 3.8) is 0 Å². The van der Waals surface area contributed by atoms with Gasteiger partial charge in [0.25, 0.3) is 5.91 Å². The molecule has 0 bridgehead atoms. The van der Waals surface area contributed by atoms with E-state index in [1.54, 1.807) is 11.6 Å². The molecular formula is C17H13BrF2N4O. The molecule has 0 aliphatic rings. The van der Waals surface area contributed by atoms with E-state index in [2.05, 4.69) is 31.6 Å². The zero-order valence-corrected chi connectivity index (χ0v) is 14.7. The summed E-state index contributed by atoms with van der Waals surface area (Å²) in [5.41, 5.74) is 1.65. The van der Waals surface area contributed by atoms with Crippen molar-refractivity contribution in [3.8, 4) is 5.69 Å². The lowest BCUT2D eigenvalue weighted by Gasteiger charge is -2.06. The van der Waals surface area contributed by atoms with Crippen LogP contribution in [-0.4, -0.2) is 20.9 Å². The van der Waals surface area contributed by atoms with Crippen LogP contribution in [0.2, 0.25) is 0 Å². The highest BCUT2D eigenvalue weighted by molar-refractivity contribution is 9.10. The molecule has 1 N–H and O–H groups in total. The maximum absolute atomic E-state index is 13.6. The fourth-order valence-corrected chi connectivity index (χ4v) is 2.56. The summed E-state index contributed by atoms with van der Waals surface area (Å²) in [4.78, 5) is 12.3. The first-order chi connectivity index (χ1) is 12.0. The number of hydrogen-bond donors (Lipinski definition) is 1. The van der Waals surface area contributed by atoms with Crippen molar-refractivity contribution in [2.45, 2.75) is 13.5 Å². The second kappa shape index (κ2) is 7.10. The number of carbonyl (C=O) groups is 1. The third kappa shape index (κ3) is 3.74. The lowest BCUT2D eigenvalue weighted by atomic mass is 10.2. The number of amides is 1. The fourth-order valence-electron chi connectivity index (χ4n) is 2.29. The molecule has 0 saturated carbocycles. The Labute approximate surface area is 150 Å². The van der Waals surface area contributed by atoms with Crippen LogP contribution in [0, 0.1) is 18.6 Å². The molecule has 5 nitrogen and oxygen atoms in total. The Bertz CT molecular complexity index is 925. The number of hydrogen-bond acceptors (Lipinski definition) is 3. The molecule has 3 aromatic rings. The van der Waals surface area contributed by atoms with Crippen molar-refractivity contribution >= 4 is 21.8 Å². The van der Waals surface area contributed by atoms with Gasteiger partial charge in [-0.2, -0.15) is 0 Å². The first-order valence-electron chi connectivity index (χ1n) is 7.36. The number of rotatable bonds is 4. The molecule has 0 saturated heterocycles. The highest BCUT2D eigenvalue weighted by Crippen LogP contribution is 2.16. The Morgan fingerprint density at radius 2 is 1.92 bits per heavy atom. The van der Waals surface area contributed by atoms with Gasteiger partial charge in [0.1, 0.15) is 11.6 Å². The molecule has 0 spiro atoms. The van der Waals surface area contributed by atoms with Crippen LogP contribution in [-0.2, 0) is 6.54 Å². The van der Waals surface area contributed by atoms with Gasteiger partial charge in [0.2, 0.25) is 0 Å². The Morgan fingerprint density at radius 3 is 2.60 bits per heavy atom. The molecule has 128 valence electrons. The van der Waals surface area contributed by atoms with Crippen molar-refractivity contribution in [3.05, 3.63) is 75.5 Å². The van der Waals surface area contributed by atoms with E-state index in [4.69, 9.17) is 0 Å². The molecule has 8 heteroatoms. The molecule has 1 heterocycles. The Kier molecular flexibility index (Phi) is 4.89. The second-order valence-electron chi connectivity index (χ2n) is 5.33. The number of aromatic nitrogens is 3. The minimum atomic E-state index is -0.712. The summed E-state index contributed by atoms with van der Waals surface area (Å²) in [6.07, 6.45) is 0. The van der Waals surface area contributed by atoms with Gasteiger partial charge in [-0.3, -0.25) is 4.79 Å². The van der Waals surface area contributed by atoms with E-state index in [0.29, 0.717) is 5.69 Å². The molecule has 2 aromatic carbocycles. The van der Waals surface area contributed by atoms with Crippen molar-refractivity contribution in [2.75, 3.05) is 0 Å². The number of halogens is 3. The lowest BCUT2D eigenvalue weighted by Crippen LogP contribution is -2.24. The predicted molar refractivity (Wildman–Crippen MR) is 91.3 cm³/mol. The zero-order valence-electron chi connectivity index (χ0n) is 13.1. The summed E-state index contributed by atoms with van der Waals surface area (Å²) in [6, 6.07) is 10.6. The zero-order chi connectivity index (χ0) is 18.0. The molecular weight excluding hydrogens is 394 g/mol. The largest absolute Gasteiger partial charge is 0.346 e. The van der Waals surface area contributed by atoms with Crippen LogP contribution in [0.5, 0.6) is 0 Å². The average Bonchev–Trinajstić information content (AvgIpc) is 2.96. The predicted octanol–water partition coefficient (Wildman–Crippen LogP) is 3.55. The van der Waals surface area contributed by atoms with E-state index in [1.807, 2.05) is 24.3 Å². The average molecular weight is 407 g/mol. The molecule has 3 rings (SSSR count). The highest BCUT2D eigenvalue weighted by atomic mass is 79.9. The second-order valence-corrected chi connectivity index (χ2v) is 6.25. The summed E-state index contributed by atoms with van der Waals surface area (Å²) in [6.45, 7) is 1.64. The monoisotopic (exact) mass is 406 g/mol. The first kappa shape index (κ1) is 17.2. The Hall–Kier alpha value is -2.61. The smallest absolute Gasteiger partial charge is 0.274 e. The van der Waals surface area contributed by atoms with Crippen LogP contribution in [0.25, 0.3) is 5.69 Å². The number of nitrogens with zero attached hydrogens (tertiary/aromatic N) is 3. The Balaban J connectivity index is 1.75. The van der Waals surface area contributed by atoms with Gasteiger partial charge >= 0.3 is 0 Å². The quantitative estimate of drug-likeness (QED) is 0.720. The fraction of sp³-hybridized carbons (Fsp3) is 0.118. The van der Waals surface area contributed by atoms with Gasteiger partial charge in [-0.25, -0.2) is 13.5 Å². The molecule has 1 aromatic heterocycles. The van der Waals surface area contributed by atoms with E-state index in [0.717, 1.165) is 22.3 Å². The summed E-state index contributed by atoms with van der Waals surface area (Å²) < 4.78 is 29.0. The normalized spacial score (nSPS) is 10.7. The van der Waals surface area contributed by atoms with Crippen molar-refractivity contribution in [1.29, 1.82) is 0 Å². The van der Waals surface area contributed by atoms with Crippen LogP contribution >= 0.6 is 15.9 Å². The topological polar surface area (TPSA) is 59.8 Å². The van der Waals surface area contributed by atoms with Gasteiger partial charge in [-0.05, 0) is 37.3 Å². The maximum Gasteiger partial charge on any atom is 0.274 e. The molecule has 0 aliphatic carbocycles. The molecule has 0 unspecified atom stereocenters. The minimum absolute atomic E-state index is 0.0739. The molecule has 1 amide bonds. The minimum Gasteiger partial charge on any atom is -0.346 e. The third-order valence-electron chi connectivity index (χ3n) is 3.64. The van der Waals surface area contributed by atoms with Crippen LogP contribution in [0.1, 0.15) is 21.7 Å². The van der Waals surface area contributed by atoms with E-state index >= 15 is 0 Å². The van der Waals surface area contributed by atoms with Crippen molar-refractivity contribution in [1.82, 2.24) is 20.3 Å². The van der Waals surface area contributed by atoms with Gasteiger partial charge < -0.3 is 5.32 Å². The lowest BCUT2D eigenvalue weighted by molar-refractivity contribution is 0.0945. The first-order valence-corrected chi connectivity index (χ1v) is 8.15. The van der Waals surface area contributed by atoms with Gasteiger partial charge in [-0.1, -0.05) is 27.2 Å². The highest BCUT2D eigenvalue weighted by Gasteiger charge is 2.17. The van der Waals surface area contributed by atoms with E-state index in [1.165, 1.54) is 6.07 Å². The van der Waals surface area contributed by atoms with E-state index in [-0.39, 0.29) is 17.8 Å².